The van der Waals surface area contributed by atoms with E-state index < -0.39 is 8.07 Å². The molecule has 94 valence electrons. The second-order valence-electron chi connectivity index (χ2n) is 5.68. The van der Waals surface area contributed by atoms with Crippen molar-refractivity contribution in [2.24, 2.45) is 9.98 Å². The highest BCUT2D eigenvalue weighted by molar-refractivity contribution is 7.04. The lowest BCUT2D eigenvalue weighted by Crippen LogP contribution is -2.56. The van der Waals surface area contributed by atoms with E-state index in [1.54, 1.807) is 0 Å². The van der Waals surface area contributed by atoms with Crippen molar-refractivity contribution in [2.45, 2.75) is 45.4 Å². The number of nitrogens with zero attached hydrogens (tertiary/aromatic N) is 3. The standard InChI is InChI=1S/C11H20N4OSi/c1-8(16)13-10-14-11(17(2,3)4)12-7-15(10)9-5-6-9/h9H,5-7H2,1-4H3,(H,12,13,14,16). The van der Waals surface area contributed by atoms with Gasteiger partial charge < -0.3 is 10.2 Å². The number of amidine groups is 1. The predicted molar refractivity (Wildman–Crippen MR) is 71.8 cm³/mol. The summed E-state index contributed by atoms with van der Waals surface area (Å²) in [4.78, 5) is 22.0. The molecule has 1 heterocycles. The van der Waals surface area contributed by atoms with Crippen LogP contribution in [-0.2, 0) is 4.79 Å². The molecule has 17 heavy (non-hydrogen) atoms. The minimum atomic E-state index is -1.47. The third-order valence-electron chi connectivity index (χ3n) is 2.84. The summed E-state index contributed by atoms with van der Waals surface area (Å²) < 4.78 is 0. The molecule has 5 nitrogen and oxygen atoms in total. The molecular weight excluding hydrogens is 232 g/mol. The molecule has 6 heteroatoms. The third kappa shape index (κ3) is 2.94. The van der Waals surface area contributed by atoms with E-state index in [4.69, 9.17) is 0 Å². The molecule has 1 aliphatic heterocycles. The van der Waals surface area contributed by atoms with Gasteiger partial charge in [-0.25, -0.2) is 0 Å². The lowest BCUT2D eigenvalue weighted by Gasteiger charge is -2.33. The van der Waals surface area contributed by atoms with Gasteiger partial charge in [0.05, 0.1) is 5.46 Å². The molecule has 0 bridgehead atoms. The molecule has 0 radical (unpaired) electrons. The number of aliphatic imine (C=N–C) groups is 2. The fourth-order valence-corrected chi connectivity index (χ4v) is 2.80. The monoisotopic (exact) mass is 252 g/mol. The Morgan fingerprint density at radius 2 is 2.12 bits per heavy atom. The normalized spacial score (nSPS) is 23.4. The van der Waals surface area contributed by atoms with E-state index in [0.29, 0.717) is 18.7 Å². The summed E-state index contributed by atoms with van der Waals surface area (Å²) in [5, 5.41) is 3.26. The molecule has 0 unspecified atom stereocenters. The minimum Gasteiger partial charge on any atom is -0.320 e. The number of carbonyl (C=O) groups excluding carboxylic acids is 1. The van der Waals surface area contributed by atoms with Crippen LogP contribution in [0.2, 0.25) is 19.6 Å². The van der Waals surface area contributed by atoms with Gasteiger partial charge in [-0.15, -0.1) is 0 Å². The first-order chi connectivity index (χ1) is 7.88. The van der Waals surface area contributed by atoms with Gasteiger partial charge in [-0.3, -0.25) is 9.79 Å². The Morgan fingerprint density at radius 1 is 1.47 bits per heavy atom. The quantitative estimate of drug-likeness (QED) is 0.751. The molecule has 1 N–H and O–H groups in total. The van der Waals surface area contributed by atoms with Crippen molar-refractivity contribution in [3.05, 3.63) is 0 Å². The van der Waals surface area contributed by atoms with Gasteiger partial charge in [0.2, 0.25) is 11.9 Å². The Kier molecular flexibility index (Phi) is 3.07. The van der Waals surface area contributed by atoms with Crippen molar-refractivity contribution >= 4 is 25.4 Å². The van der Waals surface area contributed by atoms with Crippen molar-refractivity contribution in [1.82, 2.24) is 10.2 Å². The minimum absolute atomic E-state index is 0.157. The van der Waals surface area contributed by atoms with Gasteiger partial charge in [0.25, 0.3) is 0 Å². The van der Waals surface area contributed by atoms with Crippen LogP contribution >= 0.6 is 0 Å². The van der Waals surface area contributed by atoms with Crippen LogP contribution in [-0.4, -0.2) is 43.0 Å². The summed E-state index contributed by atoms with van der Waals surface area (Å²) in [6, 6.07) is 0.521. The number of nitrogens with one attached hydrogen (secondary N) is 1. The number of guanidine groups is 1. The van der Waals surface area contributed by atoms with E-state index >= 15 is 0 Å². The Morgan fingerprint density at radius 3 is 2.59 bits per heavy atom. The molecule has 0 aromatic rings. The molecule has 1 amide bonds. The largest absolute Gasteiger partial charge is 0.320 e. The smallest absolute Gasteiger partial charge is 0.245 e. The Labute approximate surface area is 103 Å². The zero-order valence-electron chi connectivity index (χ0n) is 10.9. The third-order valence-corrected chi connectivity index (χ3v) is 4.55. The topological polar surface area (TPSA) is 57.1 Å². The Bertz CT molecular complexity index is 393. The van der Waals surface area contributed by atoms with Crippen LogP contribution in [0.1, 0.15) is 19.8 Å². The highest BCUT2D eigenvalue weighted by atomic mass is 28.3. The van der Waals surface area contributed by atoms with E-state index in [1.807, 2.05) is 0 Å². The number of rotatable bonds is 2. The lowest BCUT2D eigenvalue weighted by molar-refractivity contribution is -0.115. The number of hydrogen-bond acceptors (Lipinski definition) is 2. The van der Waals surface area contributed by atoms with Crippen LogP contribution in [0, 0.1) is 0 Å². The summed E-state index contributed by atoms with van der Waals surface area (Å²) in [6.45, 7) is 8.83. The Balaban J connectivity index is 2.22. The van der Waals surface area contributed by atoms with E-state index in [2.05, 4.69) is 39.8 Å². The maximum atomic E-state index is 11.2. The molecule has 1 aliphatic carbocycles. The van der Waals surface area contributed by atoms with Crippen molar-refractivity contribution in [3.8, 4) is 0 Å². The van der Waals surface area contributed by atoms with Crippen molar-refractivity contribution in [2.75, 3.05) is 6.67 Å². The van der Waals surface area contributed by atoms with Crippen LogP contribution in [0.5, 0.6) is 0 Å². The van der Waals surface area contributed by atoms with Crippen LogP contribution in [0.25, 0.3) is 0 Å². The van der Waals surface area contributed by atoms with Gasteiger partial charge in [0.1, 0.15) is 14.7 Å². The zero-order valence-corrected chi connectivity index (χ0v) is 11.9. The first-order valence-corrected chi connectivity index (χ1v) is 9.56. The summed E-state index contributed by atoms with van der Waals surface area (Å²) >= 11 is 0. The average Bonchev–Trinajstić information content (AvgIpc) is 2.98. The average molecular weight is 252 g/mol. The van der Waals surface area contributed by atoms with E-state index in [9.17, 15) is 4.79 Å². The fraction of sp³-hybridized carbons (Fsp3) is 0.727. The highest BCUT2D eigenvalue weighted by Crippen LogP contribution is 2.28. The molecular formula is C11H20N4OSi. The molecule has 1 saturated carbocycles. The lowest BCUT2D eigenvalue weighted by atomic mass is 10.5. The molecule has 0 aromatic heterocycles. The van der Waals surface area contributed by atoms with Crippen molar-refractivity contribution in [1.29, 1.82) is 0 Å². The van der Waals surface area contributed by atoms with Gasteiger partial charge in [-0.2, -0.15) is 4.99 Å². The number of amides is 1. The van der Waals surface area contributed by atoms with Crippen molar-refractivity contribution in [3.63, 3.8) is 0 Å². The number of carbonyl (C=O) groups is 1. The molecule has 0 spiro atoms. The maximum Gasteiger partial charge on any atom is 0.245 e. The molecule has 0 atom stereocenters. The van der Waals surface area contributed by atoms with E-state index in [0.717, 1.165) is 5.46 Å². The molecule has 0 aromatic carbocycles. The summed E-state index contributed by atoms with van der Waals surface area (Å²) in [5.41, 5.74) is 1.04. The van der Waals surface area contributed by atoms with Gasteiger partial charge in [-0.1, -0.05) is 19.6 Å². The summed E-state index contributed by atoms with van der Waals surface area (Å²) in [7, 11) is -1.47. The maximum absolute atomic E-state index is 11.2. The van der Waals surface area contributed by atoms with Crippen LogP contribution in [0.3, 0.4) is 0 Å². The zero-order chi connectivity index (χ0) is 12.6. The molecule has 2 rings (SSSR count). The van der Waals surface area contributed by atoms with E-state index in [1.165, 1.54) is 19.8 Å². The predicted octanol–water partition coefficient (Wildman–Crippen LogP) is 1.19. The van der Waals surface area contributed by atoms with Gasteiger partial charge >= 0.3 is 0 Å². The first-order valence-electron chi connectivity index (χ1n) is 6.06. The second kappa shape index (κ2) is 4.25. The Hall–Kier alpha value is -1.17. The van der Waals surface area contributed by atoms with Crippen LogP contribution < -0.4 is 5.32 Å². The summed E-state index contributed by atoms with van der Waals surface area (Å²) in [5.74, 6) is 0.544. The second-order valence-corrected chi connectivity index (χ2v) is 10.7. The highest BCUT2D eigenvalue weighted by Gasteiger charge is 2.36. The van der Waals surface area contributed by atoms with Gasteiger partial charge in [-0.05, 0) is 12.8 Å². The van der Waals surface area contributed by atoms with Crippen LogP contribution in [0.15, 0.2) is 9.98 Å². The molecule has 1 fully saturated rings. The number of hydrogen-bond donors (Lipinski definition) is 1. The molecule has 0 saturated heterocycles. The SMILES string of the molecule is CC(=O)N=C1NC([Si](C)(C)C)=NCN1C1CC1. The summed E-state index contributed by atoms with van der Waals surface area (Å²) in [6.07, 6.45) is 2.35. The van der Waals surface area contributed by atoms with Gasteiger partial charge in [0, 0.05) is 13.0 Å². The van der Waals surface area contributed by atoms with Gasteiger partial charge in [0.15, 0.2) is 0 Å². The van der Waals surface area contributed by atoms with Crippen molar-refractivity contribution < 1.29 is 4.79 Å². The van der Waals surface area contributed by atoms with Crippen LogP contribution in [0.4, 0.5) is 0 Å². The fourth-order valence-electron chi connectivity index (χ4n) is 1.77. The first kappa shape index (κ1) is 12.3. The van der Waals surface area contributed by atoms with E-state index in [-0.39, 0.29) is 5.91 Å². The molecule has 2 aliphatic rings.